The van der Waals surface area contributed by atoms with Crippen LogP contribution in [0.1, 0.15) is 18.2 Å². The molecule has 0 unspecified atom stereocenters. The van der Waals surface area contributed by atoms with Gasteiger partial charge < -0.3 is 5.32 Å². The summed E-state index contributed by atoms with van der Waals surface area (Å²) >= 11 is 0. The van der Waals surface area contributed by atoms with Crippen LogP contribution in [0.2, 0.25) is 0 Å². The van der Waals surface area contributed by atoms with Crippen LogP contribution in [0.4, 0.5) is 11.4 Å². The molecule has 8 heteroatoms. The number of likely N-dealkylation sites (N-methyl/N-ethyl adjacent to an activating group) is 1. The van der Waals surface area contributed by atoms with Crippen LogP contribution in [0.15, 0.2) is 30.5 Å². The Morgan fingerprint density at radius 1 is 1.38 bits per heavy atom. The third-order valence-corrected chi connectivity index (χ3v) is 3.72. The summed E-state index contributed by atoms with van der Waals surface area (Å²) in [6, 6.07) is 5.76. The highest BCUT2D eigenvalue weighted by molar-refractivity contribution is 5.92. The Morgan fingerprint density at radius 2 is 2.04 bits per heavy atom. The molecule has 0 radical (unpaired) electrons. The van der Waals surface area contributed by atoms with Gasteiger partial charge in [0.1, 0.15) is 0 Å². The first-order valence-corrected chi connectivity index (χ1v) is 7.64. The number of aryl methyl sites for hydroxylation is 1. The van der Waals surface area contributed by atoms with E-state index in [4.69, 9.17) is 0 Å². The minimum Gasteiger partial charge on any atom is -0.325 e. The van der Waals surface area contributed by atoms with Gasteiger partial charge in [-0.3, -0.25) is 24.5 Å². The van der Waals surface area contributed by atoms with Gasteiger partial charge >= 0.3 is 0 Å². The summed E-state index contributed by atoms with van der Waals surface area (Å²) in [5.74, 6) is -0.174. The number of nitrogens with zero attached hydrogens (tertiary/aromatic N) is 4. The van der Waals surface area contributed by atoms with Gasteiger partial charge in [-0.2, -0.15) is 5.10 Å². The molecule has 2 rings (SSSR count). The second-order valence-corrected chi connectivity index (χ2v) is 5.60. The molecule has 0 bridgehead atoms. The Balaban J connectivity index is 1.89. The number of nitrogens with one attached hydrogen (secondary N) is 1. The van der Waals surface area contributed by atoms with E-state index >= 15 is 0 Å². The lowest BCUT2D eigenvalue weighted by Gasteiger charge is -2.16. The summed E-state index contributed by atoms with van der Waals surface area (Å²) in [7, 11) is 1.86. The van der Waals surface area contributed by atoms with Gasteiger partial charge in [-0.15, -0.1) is 0 Å². The van der Waals surface area contributed by atoms with Crippen LogP contribution in [0, 0.1) is 17.0 Å². The van der Waals surface area contributed by atoms with E-state index in [1.807, 2.05) is 36.7 Å². The molecular weight excluding hydrogens is 310 g/mol. The number of aromatic nitrogens is 2. The summed E-state index contributed by atoms with van der Waals surface area (Å²) in [5.41, 5.74) is 2.71. The first-order valence-electron chi connectivity index (χ1n) is 7.64. The molecular formula is C16H21N5O3. The fourth-order valence-corrected chi connectivity index (χ4v) is 2.42. The number of anilines is 1. The van der Waals surface area contributed by atoms with Crippen LogP contribution in [0.3, 0.4) is 0 Å². The third kappa shape index (κ3) is 4.39. The lowest BCUT2D eigenvalue weighted by molar-refractivity contribution is -0.384. The zero-order valence-electron chi connectivity index (χ0n) is 14.0. The number of hydrogen-bond acceptors (Lipinski definition) is 5. The largest absolute Gasteiger partial charge is 0.325 e. The van der Waals surface area contributed by atoms with Crippen LogP contribution in [-0.2, 0) is 17.9 Å². The maximum absolute atomic E-state index is 12.1. The summed E-state index contributed by atoms with van der Waals surface area (Å²) in [4.78, 5) is 24.1. The van der Waals surface area contributed by atoms with Crippen LogP contribution in [0.5, 0.6) is 0 Å². The topological polar surface area (TPSA) is 93.3 Å². The van der Waals surface area contributed by atoms with E-state index in [1.165, 1.54) is 24.3 Å². The Kier molecular flexibility index (Phi) is 5.64. The summed E-state index contributed by atoms with van der Waals surface area (Å²) in [6.07, 6.45) is 1.82. The monoisotopic (exact) mass is 331 g/mol. The summed E-state index contributed by atoms with van der Waals surface area (Å²) < 4.78 is 1.92. The van der Waals surface area contributed by atoms with Crippen LogP contribution < -0.4 is 5.32 Å². The standard InChI is InChI=1S/C16H21N5O3/c1-4-20-12(2)13(9-17-20)10-19(3)11-16(22)18-14-5-7-15(8-6-14)21(23)24/h5-9H,4,10-11H2,1-3H3,(H,18,22). The van der Waals surface area contributed by atoms with Gasteiger partial charge in [0.15, 0.2) is 0 Å². The van der Waals surface area contributed by atoms with Gasteiger partial charge in [0, 0.05) is 42.2 Å². The Labute approximate surface area is 140 Å². The number of rotatable bonds is 7. The zero-order chi connectivity index (χ0) is 17.7. The van der Waals surface area contributed by atoms with E-state index in [9.17, 15) is 14.9 Å². The fraction of sp³-hybridized carbons (Fsp3) is 0.375. The molecule has 1 aromatic carbocycles. The second-order valence-electron chi connectivity index (χ2n) is 5.60. The second kappa shape index (κ2) is 7.69. The molecule has 2 aromatic rings. The normalized spacial score (nSPS) is 10.8. The number of non-ortho nitro benzene ring substituents is 1. The quantitative estimate of drug-likeness (QED) is 0.620. The molecule has 8 nitrogen and oxygen atoms in total. The van der Waals surface area contributed by atoms with Gasteiger partial charge in [-0.05, 0) is 33.0 Å². The molecule has 0 saturated heterocycles. The molecule has 1 N–H and O–H groups in total. The number of nitro benzene ring substituents is 1. The van der Waals surface area contributed by atoms with E-state index in [0.29, 0.717) is 12.2 Å². The van der Waals surface area contributed by atoms with Crippen molar-refractivity contribution in [3.05, 3.63) is 51.8 Å². The number of carbonyl (C=O) groups excluding carboxylic acids is 1. The summed E-state index contributed by atoms with van der Waals surface area (Å²) in [5, 5.41) is 17.6. The predicted octanol–water partition coefficient (Wildman–Crippen LogP) is 2.19. The van der Waals surface area contributed by atoms with Crippen molar-refractivity contribution < 1.29 is 9.72 Å². The van der Waals surface area contributed by atoms with E-state index in [0.717, 1.165) is 17.8 Å². The van der Waals surface area contributed by atoms with Crippen molar-refractivity contribution in [2.24, 2.45) is 0 Å². The highest BCUT2D eigenvalue weighted by Crippen LogP contribution is 2.15. The number of carbonyl (C=O) groups is 1. The minimum absolute atomic E-state index is 0.00599. The van der Waals surface area contributed by atoms with Crippen molar-refractivity contribution in [2.45, 2.75) is 26.9 Å². The molecule has 1 aromatic heterocycles. The smallest absolute Gasteiger partial charge is 0.269 e. The van der Waals surface area contributed by atoms with Gasteiger partial charge in [0.2, 0.25) is 5.91 Å². The van der Waals surface area contributed by atoms with Crippen LogP contribution >= 0.6 is 0 Å². The number of hydrogen-bond donors (Lipinski definition) is 1. The molecule has 1 heterocycles. The Bertz CT molecular complexity index is 724. The Hall–Kier alpha value is -2.74. The van der Waals surface area contributed by atoms with E-state index in [1.54, 1.807) is 0 Å². The van der Waals surface area contributed by atoms with Crippen molar-refractivity contribution in [3.63, 3.8) is 0 Å². The number of amides is 1. The molecule has 0 spiro atoms. The number of nitro groups is 1. The molecule has 0 aliphatic carbocycles. The van der Waals surface area contributed by atoms with Gasteiger partial charge in [0.05, 0.1) is 17.7 Å². The highest BCUT2D eigenvalue weighted by Gasteiger charge is 2.12. The maximum Gasteiger partial charge on any atom is 0.269 e. The molecule has 0 atom stereocenters. The summed E-state index contributed by atoms with van der Waals surface area (Å²) in [6.45, 7) is 5.70. The van der Waals surface area contributed by atoms with Crippen molar-refractivity contribution in [1.29, 1.82) is 0 Å². The molecule has 0 saturated carbocycles. The maximum atomic E-state index is 12.1. The zero-order valence-corrected chi connectivity index (χ0v) is 14.0. The first kappa shape index (κ1) is 17.6. The SMILES string of the molecule is CCn1ncc(CN(C)CC(=O)Nc2ccc([N+](=O)[O-])cc2)c1C. The van der Waals surface area contributed by atoms with Crippen LogP contribution in [0.25, 0.3) is 0 Å². The molecule has 0 fully saturated rings. The molecule has 1 amide bonds. The lowest BCUT2D eigenvalue weighted by atomic mass is 10.2. The average Bonchev–Trinajstić information content (AvgIpc) is 2.87. The van der Waals surface area contributed by atoms with Crippen LogP contribution in [-0.4, -0.2) is 39.1 Å². The number of benzene rings is 1. The van der Waals surface area contributed by atoms with Crippen molar-refractivity contribution in [1.82, 2.24) is 14.7 Å². The minimum atomic E-state index is -0.474. The molecule has 128 valence electrons. The molecule has 0 aliphatic heterocycles. The van der Waals surface area contributed by atoms with Crippen molar-refractivity contribution in [3.8, 4) is 0 Å². The van der Waals surface area contributed by atoms with E-state index < -0.39 is 4.92 Å². The third-order valence-electron chi connectivity index (χ3n) is 3.72. The first-order chi connectivity index (χ1) is 11.4. The Morgan fingerprint density at radius 3 is 2.58 bits per heavy atom. The lowest BCUT2D eigenvalue weighted by Crippen LogP contribution is -2.30. The molecule has 0 aliphatic rings. The van der Waals surface area contributed by atoms with Gasteiger partial charge in [-0.25, -0.2) is 0 Å². The highest BCUT2D eigenvalue weighted by atomic mass is 16.6. The van der Waals surface area contributed by atoms with Gasteiger partial charge in [-0.1, -0.05) is 0 Å². The predicted molar refractivity (Wildman–Crippen MR) is 90.7 cm³/mol. The van der Waals surface area contributed by atoms with Crippen molar-refractivity contribution in [2.75, 3.05) is 18.9 Å². The van der Waals surface area contributed by atoms with Crippen molar-refractivity contribution >= 4 is 17.3 Å². The van der Waals surface area contributed by atoms with Gasteiger partial charge in [0.25, 0.3) is 5.69 Å². The molecule has 24 heavy (non-hydrogen) atoms. The average molecular weight is 331 g/mol. The fourth-order valence-electron chi connectivity index (χ4n) is 2.42. The van der Waals surface area contributed by atoms with E-state index in [2.05, 4.69) is 10.4 Å². The van der Waals surface area contributed by atoms with E-state index in [-0.39, 0.29) is 18.1 Å².